The third-order valence-corrected chi connectivity index (χ3v) is 4.97. The average molecular weight is 274 g/mol. The van der Waals surface area contributed by atoms with Gasteiger partial charge in [0.05, 0.1) is 0 Å². The fourth-order valence-corrected chi connectivity index (χ4v) is 3.77. The Morgan fingerprint density at radius 3 is 2.05 bits per heavy atom. The van der Waals surface area contributed by atoms with Crippen LogP contribution in [0, 0.1) is 5.92 Å². The number of aromatic nitrogens is 3. The van der Waals surface area contributed by atoms with E-state index in [0.717, 1.165) is 17.6 Å². The smallest absolute Gasteiger partial charge is 0.223 e. The van der Waals surface area contributed by atoms with Gasteiger partial charge in [-0.3, -0.25) is 0 Å². The molecule has 20 heavy (non-hydrogen) atoms. The van der Waals surface area contributed by atoms with Crippen molar-refractivity contribution in [2.45, 2.75) is 76.5 Å². The number of rotatable bonds is 2. The maximum Gasteiger partial charge on any atom is 0.223 e. The second-order valence-corrected chi connectivity index (χ2v) is 6.71. The minimum Gasteiger partial charge on any atom is -0.368 e. The lowest BCUT2D eigenvalue weighted by molar-refractivity contribution is 0.540. The molecule has 0 spiro atoms. The van der Waals surface area contributed by atoms with E-state index in [1.54, 1.807) is 0 Å². The first-order valence-corrected chi connectivity index (χ1v) is 8.23. The first kappa shape index (κ1) is 13.8. The molecule has 2 aliphatic carbocycles. The van der Waals surface area contributed by atoms with Crippen LogP contribution in [0.4, 0.5) is 5.95 Å². The standard InChI is InChI=1S/C16H26N4/c1-11-8-9-13(10-11)15-18-14(19-16(17)20-15)12-6-4-2-3-5-7-12/h11-13H,2-10H2,1H3,(H2,17,18,19,20). The van der Waals surface area contributed by atoms with E-state index in [4.69, 9.17) is 10.7 Å². The Labute approximate surface area is 121 Å². The molecule has 4 heteroatoms. The third kappa shape index (κ3) is 3.10. The Kier molecular flexibility index (Phi) is 4.18. The van der Waals surface area contributed by atoms with Gasteiger partial charge in [0, 0.05) is 11.8 Å². The summed E-state index contributed by atoms with van der Waals surface area (Å²) in [7, 11) is 0. The molecule has 1 aromatic heterocycles. The highest BCUT2D eigenvalue weighted by Gasteiger charge is 2.27. The number of hydrogen-bond donors (Lipinski definition) is 1. The second kappa shape index (κ2) is 6.06. The van der Waals surface area contributed by atoms with Crippen molar-refractivity contribution in [3.8, 4) is 0 Å². The van der Waals surface area contributed by atoms with Crippen molar-refractivity contribution in [1.29, 1.82) is 0 Å². The lowest BCUT2D eigenvalue weighted by Crippen LogP contribution is -2.13. The molecule has 110 valence electrons. The van der Waals surface area contributed by atoms with Crippen LogP contribution in [0.2, 0.25) is 0 Å². The number of anilines is 1. The molecule has 0 amide bonds. The van der Waals surface area contributed by atoms with Gasteiger partial charge in [0.2, 0.25) is 5.95 Å². The van der Waals surface area contributed by atoms with Gasteiger partial charge >= 0.3 is 0 Å². The van der Waals surface area contributed by atoms with E-state index in [2.05, 4.69) is 16.9 Å². The molecule has 0 aromatic carbocycles. The molecular formula is C16H26N4. The maximum atomic E-state index is 5.95. The minimum atomic E-state index is 0.425. The topological polar surface area (TPSA) is 64.7 Å². The van der Waals surface area contributed by atoms with Crippen LogP contribution >= 0.6 is 0 Å². The van der Waals surface area contributed by atoms with Crippen molar-refractivity contribution in [2.24, 2.45) is 5.92 Å². The SMILES string of the molecule is CC1CCC(c2nc(N)nc(C3CCCCCC3)n2)C1. The van der Waals surface area contributed by atoms with E-state index >= 15 is 0 Å². The van der Waals surface area contributed by atoms with Crippen molar-refractivity contribution >= 4 is 5.95 Å². The van der Waals surface area contributed by atoms with Crippen LogP contribution in [0.25, 0.3) is 0 Å². The maximum absolute atomic E-state index is 5.95. The molecule has 2 saturated carbocycles. The zero-order valence-corrected chi connectivity index (χ0v) is 12.5. The normalized spacial score (nSPS) is 28.4. The summed E-state index contributed by atoms with van der Waals surface area (Å²) in [6, 6.07) is 0. The highest BCUT2D eigenvalue weighted by Crippen LogP contribution is 2.37. The molecule has 2 atom stereocenters. The van der Waals surface area contributed by atoms with Crippen LogP contribution in [-0.2, 0) is 0 Å². The lowest BCUT2D eigenvalue weighted by Gasteiger charge is -2.15. The summed E-state index contributed by atoms with van der Waals surface area (Å²) in [5.41, 5.74) is 5.95. The number of nitrogen functional groups attached to an aromatic ring is 1. The van der Waals surface area contributed by atoms with E-state index in [9.17, 15) is 0 Å². The molecule has 2 aliphatic rings. The van der Waals surface area contributed by atoms with Gasteiger partial charge in [0.15, 0.2) is 0 Å². The molecule has 2 fully saturated rings. The summed E-state index contributed by atoms with van der Waals surface area (Å²) < 4.78 is 0. The van der Waals surface area contributed by atoms with Gasteiger partial charge in [-0.1, -0.05) is 32.6 Å². The van der Waals surface area contributed by atoms with Crippen LogP contribution in [0.5, 0.6) is 0 Å². The molecule has 1 heterocycles. The van der Waals surface area contributed by atoms with E-state index in [0.29, 0.717) is 17.8 Å². The summed E-state index contributed by atoms with van der Waals surface area (Å²) in [5.74, 6) is 4.14. The molecule has 2 N–H and O–H groups in total. The van der Waals surface area contributed by atoms with E-state index in [-0.39, 0.29) is 0 Å². The van der Waals surface area contributed by atoms with E-state index in [1.165, 1.54) is 57.8 Å². The number of hydrogen-bond acceptors (Lipinski definition) is 4. The Morgan fingerprint density at radius 2 is 1.45 bits per heavy atom. The minimum absolute atomic E-state index is 0.425. The van der Waals surface area contributed by atoms with Crippen molar-refractivity contribution in [2.75, 3.05) is 5.73 Å². The molecule has 4 nitrogen and oxygen atoms in total. The van der Waals surface area contributed by atoms with E-state index < -0.39 is 0 Å². The largest absolute Gasteiger partial charge is 0.368 e. The van der Waals surface area contributed by atoms with Gasteiger partial charge in [0.1, 0.15) is 11.6 Å². The predicted molar refractivity (Wildman–Crippen MR) is 80.4 cm³/mol. The molecule has 0 aliphatic heterocycles. The Morgan fingerprint density at radius 1 is 0.800 bits per heavy atom. The summed E-state index contributed by atoms with van der Waals surface area (Å²) in [4.78, 5) is 13.7. The summed E-state index contributed by atoms with van der Waals surface area (Å²) in [6.07, 6.45) is 11.4. The quantitative estimate of drug-likeness (QED) is 0.833. The molecule has 1 aromatic rings. The summed E-state index contributed by atoms with van der Waals surface area (Å²) >= 11 is 0. The Bertz CT molecular complexity index is 452. The third-order valence-electron chi connectivity index (χ3n) is 4.97. The Hall–Kier alpha value is -1.19. The van der Waals surface area contributed by atoms with Gasteiger partial charge in [-0.25, -0.2) is 4.98 Å². The first-order chi connectivity index (χ1) is 9.72. The van der Waals surface area contributed by atoms with Crippen LogP contribution in [0.3, 0.4) is 0 Å². The summed E-state index contributed by atoms with van der Waals surface area (Å²) in [6.45, 7) is 2.32. The van der Waals surface area contributed by atoms with Crippen molar-refractivity contribution < 1.29 is 0 Å². The molecule has 2 unspecified atom stereocenters. The van der Waals surface area contributed by atoms with Crippen molar-refractivity contribution in [3.63, 3.8) is 0 Å². The highest BCUT2D eigenvalue weighted by atomic mass is 15.1. The second-order valence-electron chi connectivity index (χ2n) is 6.71. The number of nitrogens with two attached hydrogens (primary N) is 1. The average Bonchev–Trinajstić information content (AvgIpc) is 2.71. The van der Waals surface area contributed by atoms with Crippen LogP contribution < -0.4 is 5.73 Å². The highest BCUT2D eigenvalue weighted by molar-refractivity contribution is 5.19. The fourth-order valence-electron chi connectivity index (χ4n) is 3.77. The Balaban J connectivity index is 1.82. The fraction of sp³-hybridized carbons (Fsp3) is 0.812. The predicted octanol–water partition coefficient (Wildman–Crippen LogP) is 3.80. The zero-order chi connectivity index (χ0) is 13.9. The van der Waals surface area contributed by atoms with Gasteiger partial charge in [0.25, 0.3) is 0 Å². The summed E-state index contributed by atoms with van der Waals surface area (Å²) in [5, 5.41) is 0. The van der Waals surface area contributed by atoms with Crippen molar-refractivity contribution in [1.82, 2.24) is 15.0 Å². The number of nitrogens with zero attached hydrogens (tertiary/aromatic N) is 3. The van der Waals surface area contributed by atoms with Crippen LogP contribution in [0.15, 0.2) is 0 Å². The molecule has 0 bridgehead atoms. The van der Waals surface area contributed by atoms with Crippen LogP contribution in [0.1, 0.15) is 88.2 Å². The first-order valence-electron chi connectivity index (χ1n) is 8.23. The van der Waals surface area contributed by atoms with Gasteiger partial charge in [-0.05, 0) is 38.0 Å². The molecule has 0 radical (unpaired) electrons. The molecule has 3 rings (SSSR count). The van der Waals surface area contributed by atoms with Gasteiger partial charge < -0.3 is 5.73 Å². The van der Waals surface area contributed by atoms with Gasteiger partial charge in [-0.2, -0.15) is 9.97 Å². The molecule has 0 saturated heterocycles. The monoisotopic (exact) mass is 274 g/mol. The van der Waals surface area contributed by atoms with E-state index in [1.807, 2.05) is 0 Å². The molecular weight excluding hydrogens is 248 g/mol. The zero-order valence-electron chi connectivity index (χ0n) is 12.5. The van der Waals surface area contributed by atoms with Gasteiger partial charge in [-0.15, -0.1) is 0 Å². The lowest BCUT2D eigenvalue weighted by atomic mass is 9.99. The van der Waals surface area contributed by atoms with Crippen LogP contribution in [-0.4, -0.2) is 15.0 Å². The van der Waals surface area contributed by atoms with Crippen molar-refractivity contribution in [3.05, 3.63) is 11.6 Å².